The summed E-state index contributed by atoms with van der Waals surface area (Å²) in [6, 6.07) is 0.887. The molecule has 0 N–H and O–H groups in total. The van der Waals surface area contributed by atoms with Crippen molar-refractivity contribution in [3.8, 4) is 0 Å². The number of esters is 1. The second-order valence-corrected chi connectivity index (χ2v) is 18.0. The number of amides is 2. The molecule has 0 bridgehead atoms. The van der Waals surface area contributed by atoms with E-state index in [9.17, 15) is 14.4 Å². The number of aromatic nitrogens is 2. The van der Waals surface area contributed by atoms with E-state index in [1.54, 1.807) is 32.4 Å². The summed E-state index contributed by atoms with van der Waals surface area (Å²) in [6.07, 6.45) is 0.980. The summed E-state index contributed by atoms with van der Waals surface area (Å²) in [5.74, 6) is -1.19. The van der Waals surface area contributed by atoms with Crippen molar-refractivity contribution in [1.29, 1.82) is 0 Å². The maximum atomic E-state index is 13.4. The lowest BCUT2D eigenvalue weighted by atomic mass is 10.1. The molecule has 2 amide bonds. The van der Waals surface area contributed by atoms with Gasteiger partial charge in [0.15, 0.2) is 0 Å². The van der Waals surface area contributed by atoms with Gasteiger partial charge >= 0.3 is 12.1 Å². The molecule has 0 aliphatic carbocycles. The van der Waals surface area contributed by atoms with Crippen LogP contribution in [0.15, 0.2) is 0 Å². The van der Waals surface area contributed by atoms with Crippen molar-refractivity contribution in [2.24, 2.45) is 0 Å². The Morgan fingerprint density at radius 2 is 1.79 bits per heavy atom. The number of rotatable bonds is 6. The lowest BCUT2D eigenvalue weighted by molar-refractivity contribution is 0.0174. The summed E-state index contributed by atoms with van der Waals surface area (Å²) >= 11 is 1.95. The van der Waals surface area contributed by atoms with E-state index in [4.69, 9.17) is 9.47 Å². The SMILES string of the molecule is CCOC(=O)c1c(I)nn2c1C(=O)N(C(=O)OC(C)(C)C)CC2CCC[Si](C)(C)C(C)(C)C. The third-order valence-electron chi connectivity index (χ3n) is 6.52. The van der Waals surface area contributed by atoms with Crippen LogP contribution in [-0.4, -0.2) is 59.5 Å². The van der Waals surface area contributed by atoms with Crippen LogP contribution < -0.4 is 0 Å². The van der Waals surface area contributed by atoms with Crippen LogP contribution in [0.25, 0.3) is 0 Å². The molecule has 0 saturated carbocycles. The standard InChI is InChI=1S/C23H38IN3O5Si/c1-10-31-20(29)16-17-19(28)26(21(30)32-22(2,3)4)14-15(27(17)25-18(16)24)12-11-13-33(8,9)23(5,6)7/h15H,10-14H2,1-9H3. The predicted molar refractivity (Wildman–Crippen MR) is 138 cm³/mol. The zero-order valence-corrected chi connectivity index (χ0v) is 24.5. The fraction of sp³-hybridized carbons (Fsp3) is 0.739. The number of ether oxygens (including phenoxy) is 2. The molecule has 1 unspecified atom stereocenters. The first-order valence-electron chi connectivity index (χ1n) is 11.5. The van der Waals surface area contributed by atoms with Crippen LogP contribution in [0.3, 0.4) is 0 Å². The van der Waals surface area contributed by atoms with E-state index < -0.39 is 31.6 Å². The highest BCUT2D eigenvalue weighted by atomic mass is 127. The largest absolute Gasteiger partial charge is 0.462 e. The number of hydrogen-bond acceptors (Lipinski definition) is 6. The van der Waals surface area contributed by atoms with E-state index in [1.807, 2.05) is 22.6 Å². The molecule has 33 heavy (non-hydrogen) atoms. The average Bonchev–Trinajstić information content (AvgIpc) is 2.99. The van der Waals surface area contributed by atoms with Crippen molar-refractivity contribution >= 4 is 48.6 Å². The summed E-state index contributed by atoms with van der Waals surface area (Å²) in [5.41, 5.74) is -0.525. The van der Waals surface area contributed by atoms with Gasteiger partial charge in [-0.1, -0.05) is 46.3 Å². The van der Waals surface area contributed by atoms with Gasteiger partial charge in [-0.2, -0.15) is 5.10 Å². The molecule has 2 heterocycles. The Morgan fingerprint density at radius 3 is 2.30 bits per heavy atom. The number of nitrogens with zero attached hydrogens (tertiary/aromatic N) is 3. The highest BCUT2D eigenvalue weighted by molar-refractivity contribution is 14.1. The fourth-order valence-electron chi connectivity index (χ4n) is 3.60. The van der Waals surface area contributed by atoms with Crippen LogP contribution in [0.1, 0.15) is 88.2 Å². The van der Waals surface area contributed by atoms with Gasteiger partial charge in [-0.15, -0.1) is 0 Å². The summed E-state index contributed by atoms with van der Waals surface area (Å²) < 4.78 is 12.7. The van der Waals surface area contributed by atoms with Gasteiger partial charge in [0, 0.05) is 0 Å². The molecular formula is C23H38IN3O5Si. The van der Waals surface area contributed by atoms with Crippen LogP contribution >= 0.6 is 22.6 Å². The molecule has 0 spiro atoms. The Balaban J connectivity index is 2.41. The van der Waals surface area contributed by atoms with E-state index in [1.165, 1.54) is 0 Å². The summed E-state index contributed by atoms with van der Waals surface area (Å²) in [6.45, 7) is 19.0. The molecular weight excluding hydrogens is 553 g/mol. The number of imide groups is 1. The van der Waals surface area contributed by atoms with Gasteiger partial charge in [-0.25, -0.2) is 14.5 Å². The first kappa shape index (κ1) is 27.8. The number of carbonyl (C=O) groups is 3. The molecule has 0 fully saturated rings. The third-order valence-corrected chi connectivity index (χ3v) is 12.9. The smallest absolute Gasteiger partial charge is 0.417 e. The molecule has 0 saturated heterocycles. The number of fused-ring (bicyclic) bond motifs is 1. The second kappa shape index (κ2) is 10.0. The van der Waals surface area contributed by atoms with E-state index >= 15 is 0 Å². The van der Waals surface area contributed by atoms with Gasteiger partial charge < -0.3 is 9.47 Å². The molecule has 1 aliphatic heterocycles. The lowest BCUT2D eigenvalue weighted by Crippen LogP contribution is -2.49. The van der Waals surface area contributed by atoms with Gasteiger partial charge in [0.2, 0.25) is 0 Å². The highest BCUT2D eigenvalue weighted by Crippen LogP contribution is 2.40. The molecule has 10 heteroatoms. The Hall–Kier alpha value is -1.43. The van der Waals surface area contributed by atoms with Crippen molar-refractivity contribution in [1.82, 2.24) is 14.7 Å². The van der Waals surface area contributed by atoms with E-state index in [0.29, 0.717) is 3.70 Å². The van der Waals surface area contributed by atoms with Gasteiger partial charge in [0.25, 0.3) is 5.91 Å². The Kier molecular flexibility index (Phi) is 8.47. The molecule has 0 radical (unpaired) electrons. The topological polar surface area (TPSA) is 90.7 Å². The van der Waals surface area contributed by atoms with Crippen molar-refractivity contribution in [2.75, 3.05) is 13.2 Å². The number of halogens is 1. The van der Waals surface area contributed by atoms with Crippen LogP contribution in [0.5, 0.6) is 0 Å². The molecule has 1 aliphatic rings. The van der Waals surface area contributed by atoms with Crippen LogP contribution in [0, 0.1) is 3.70 Å². The van der Waals surface area contributed by atoms with E-state index in [-0.39, 0.29) is 35.5 Å². The Morgan fingerprint density at radius 1 is 1.18 bits per heavy atom. The van der Waals surface area contributed by atoms with Crippen LogP contribution in [-0.2, 0) is 9.47 Å². The molecule has 1 aromatic rings. The maximum absolute atomic E-state index is 13.4. The third kappa shape index (κ3) is 6.37. The van der Waals surface area contributed by atoms with Crippen molar-refractivity contribution < 1.29 is 23.9 Å². The number of carbonyl (C=O) groups excluding carboxylic acids is 3. The Bertz CT molecular complexity index is 914. The van der Waals surface area contributed by atoms with Gasteiger partial charge in [-0.3, -0.25) is 9.48 Å². The first-order chi connectivity index (χ1) is 15.0. The predicted octanol–water partition coefficient (Wildman–Crippen LogP) is 5.89. The summed E-state index contributed by atoms with van der Waals surface area (Å²) in [7, 11) is -1.48. The van der Waals surface area contributed by atoms with Crippen LogP contribution in [0.4, 0.5) is 4.79 Å². The molecule has 1 atom stereocenters. The molecule has 0 aromatic carbocycles. The lowest BCUT2D eigenvalue weighted by Gasteiger charge is -2.38. The minimum absolute atomic E-state index is 0.104. The van der Waals surface area contributed by atoms with E-state index in [0.717, 1.165) is 23.8 Å². The van der Waals surface area contributed by atoms with Crippen molar-refractivity contribution in [3.63, 3.8) is 0 Å². The monoisotopic (exact) mass is 591 g/mol. The molecule has 186 valence electrons. The quantitative estimate of drug-likeness (QED) is 0.233. The highest BCUT2D eigenvalue weighted by Gasteiger charge is 2.43. The Labute approximate surface area is 211 Å². The second-order valence-electron chi connectivity index (χ2n) is 11.3. The minimum atomic E-state index is -1.48. The fourth-order valence-corrected chi connectivity index (χ4v) is 6.15. The first-order valence-corrected chi connectivity index (χ1v) is 15.8. The molecule has 2 rings (SSSR count). The maximum Gasteiger partial charge on any atom is 0.417 e. The zero-order chi connectivity index (χ0) is 25.4. The van der Waals surface area contributed by atoms with E-state index in [2.05, 4.69) is 39.0 Å². The van der Waals surface area contributed by atoms with Crippen molar-refractivity contribution in [3.05, 3.63) is 15.0 Å². The molecule has 1 aromatic heterocycles. The number of hydrogen-bond donors (Lipinski definition) is 0. The van der Waals surface area contributed by atoms with Gasteiger partial charge in [0.05, 0.1) is 27.3 Å². The summed E-state index contributed by atoms with van der Waals surface area (Å²) in [5, 5.41) is 4.81. The minimum Gasteiger partial charge on any atom is -0.462 e. The average molecular weight is 592 g/mol. The van der Waals surface area contributed by atoms with Crippen LogP contribution in [0.2, 0.25) is 24.2 Å². The van der Waals surface area contributed by atoms with Crippen molar-refractivity contribution in [2.45, 2.75) is 97.1 Å². The molecule has 8 nitrogen and oxygen atoms in total. The summed E-state index contributed by atoms with van der Waals surface area (Å²) in [4.78, 5) is 40.0. The normalized spacial score (nSPS) is 17.1. The van der Waals surface area contributed by atoms with Gasteiger partial charge in [0.1, 0.15) is 20.6 Å². The zero-order valence-electron chi connectivity index (χ0n) is 21.4. The van der Waals surface area contributed by atoms with Gasteiger partial charge in [-0.05, 0) is 61.7 Å².